The third-order valence-corrected chi connectivity index (χ3v) is 4.84. The lowest BCUT2D eigenvalue weighted by atomic mass is 10.2. The third-order valence-electron chi connectivity index (χ3n) is 2.71. The first-order valence-electron chi connectivity index (χ1n) is 6.25. The Labute approximate surface area is 124 Å². The van der Waals surface area contributed by atoms with Gasteiger partial charge >= 0.3 is 0 Å². The second-order valence-corrected chi connectivity index (χ2v) is 7.01. The van der Waals surface area contributed by atoms with Crippen molar-refractivity contribution in [2.24, 2.45) is 0 Å². The second kappa shape index (κ2) is 7.99. The van der Waals surface area contributed by atoms with Gasteiger partial charge in [0.25, 0.3) is 0 Å². The fourth-order valence-electron chi connectivity index (χ4n) is 1.60. The summed E-state index contributed by atoms with van der Waals surface area (Å²) in [7, 11) is 0.654. The van der Waals surface area contributed by atoms with E-state index in [1.807, 2.05) is 26.2 Å². The molecule has 0 amide bonds. The van der Waals surface area contributed by atoms with Crippen LogP contribution in [0.25, 0.3) is 0 Å². The van der Waals surface area contributed by atoms with Gasteiger partial charge in [0.1, 0.15) is 0 Å². The summed E-state index contributed by atoms with van der Waals surface area (Å²) in [6, 6.07) is 6.90. The number of rotatable bonds is 8. The van der Waals surface area contributed by atoms with Crippen molar-refractivity contribution < 1.29 is 8.42 Å². The average Bonchev–Trinajstić information content (AvgIpc) is 2.38. The molecule has 0 saturated heterocycles. The maximum absolute atomic E-state index is 12.0. The van der Waals surface area contributed by atoms with E-state index in [0.29, 0.717) is 11.4 Å². The van der Waals surface area contributed by atoms with E-state index in [4.69, 9.17) is 0 Å². The summed E-state index contributed by atoms with van der Waals surface area (Å²) in [6.45, 7) is 1.46. The molecule has 0 spiro atoms. The molecule has 0 aliphatic carbocycles. The van der Waals surface area contributed by atoms with Gasteiger partial charge in [-0.25, -0.2) is 13.1 Å². The fourth-order valence-corrected chi connectivity index (χ4v) is 3.05. The highest BCUT2D eigenvalue weighted by atomic mass is 79.9. The van der Waals surface area contributed by atoms with Crippen LogP contribution in [-0.2, 0) is 15.4 Å². The molecule has 0 saturated carbocycles. The monoisotopic (exact) mass is 348 g/mol. The van der Waals surface area contributed by atoms with Crippen LogP contribution in [-0.4, -0.2) is 40.5 Å². The molecule has 1 aromatic rings. The maximum Gasteiger partial charge on any atom is 0.240 e. The van der Waals surface area contributed by atoms with E-state index in [2.05, 4.69) is 25.6 Å². The van der Waals surface area contributed by atoms with Gasteiger partial charge < -0.3 is 4.90 Å². The molecule has 0 radical (unpaired) electrons. The van der Waals surface area contributed by atoms with Crippen molar-refractivity contribution in [1.82, 2.24) is 9.62 Å². The molecule has 0 atom stereocenters. The number of halogens is 1. The standard InChI is InChI=1S/C13H21BrN2O2S/c1-16(2)10-4-3-9-15-19(17,18)13-7-5-12(11-14)6-8-13/h5-8,15H,3-4,9-11H2,1-2H3. The van der Waals surface area contributed by atoms with Gasteiger partial charge in [-0.2, -0.15) is 0 Å². The summed E-state index contributed by atoms with van der Waals surface area (Å²) in [4.78, 5) is 2.41. The van der Waals surface area contributed by atoms with Gasteiger partial charge in [0.15, 0.2) is 0 Å². The normalized spacial score (nSPS) is 12.0. The Balaban J connectivity index is 2.46. The SMILES string of the molecule is CN(C)CCCCNS(=O)(=O)c1ccc(CBr)cc1. The largest absolute Gasteiger partial charge is 0.309 e. The Morgan fingerprint density at radius 3 is 2.32 bits per heavy atom. The lowest BCUT2D eigenvalue weighted by Crippen LogP contribution is -2.25. The molecule has 0 heterocycles. The van der Waals surface area contributed by atoms with Gasteiger partial charge in [0.2, 0.25) is 10.0 Å². The Hall–Kier alpha value is -0.430. The lowest BCUT2D eigenvalue weighted by molar-refractivity contribution is 0.394. The molecule has 4 nitrogen and oxygen atoms in total. The molecule has 1 rings (SSSR count). The minimum atomic E-state index is -3.36. The van der Waals surface area contributed by atoms with E-state index >= 15 is 0 Å². The molecule has 6 heteroatoms. The van der Waals surface area contributed by atoms with Crippen LogP contribution >= 0.6 is 15.9 Å². The van der Waals surface area contributed by atoms with Crippen molar-refractivity contribution in [1.29, 1.82) is 0 Å². The summed E-state index contributed by atoms with van der Waals surface area (Å²) in [5.74, 6) is 0. The van der Waals surface area contributed by atoms with Gasteiger partial charge in [-0.15, -0.1) is 0 Å². The summed E-state index contributed by atoms with van der Waals surface area (Å²) in [5.41, 5.74) is 1.06. The number of hydrogen-bond acceptors (Lipinski definition) is 3. The van der Waals surface area contributed by atoms with Crippen LogP contribution in [0.5, 0.6) is 0 Å². The van der Waals surface area contributed by atoms with Crippen molar-refractivity contribution >= 4 is 26.0 Å². The summed E-state index contributed by atoms with van der Waals surface area (Å²) in [5, 5.41) is 0.727. The number of nitrogens with one attached hydrogen (secondary N) is 1. The summed E-state index contributed by atoms with van der Waals surface area (Å²) >= 11 is 3.33. The number of benzene rings is 1. The molecular formula is C13H21BrN2O2S. The van der Waals surface area contributed by atoms with E-state index in [9.17, 15) is 8.42 Å². The molecule has 0 aliphatic heterocycles. The van der Waals surface area contributed by atoms with Crippen LogP contribution in [0, 0.1) is 0 Å². The van der Waals surface area contributed by atoms with Gasteiger partial charge in [-0.1, -0.05) is 28.1 Å². The van der Waals surface area contributed by atoms with E-state index in [-0.39, 0.29) is 0 Å². The lowest BCUT2D eigenvalue weighted by Gasteiger charge is -2.10. The van der Waals surface area contributed by atoms with Gasteiger partial charge in [0.05, 0.1) is 4.90 Å². The van der Waals surface area contributed by atoms with Gasteiger partial charge in [0, 0.05) is 11.9 Å². The Morgan fingerprint density at radius 1 is 1.16 bits per heavy atom. The van der Waals surface area contributed by atoms with E-state index < -0.39 is 10.0 Å². The third kappa shape index (κ3) is 6.03. The molecule has 0 aromatic heterocycles. The van der Waals surface area contributed by atoms with Crippen LogP contribution in [0.3, 0.4) is 0 Å². The van der Waals surface area contributed by atoms with E-state index in [1.165, 1.54) is 0 Å². The number of alkyl halides is 1. The molecule has 108 valence electrons. The van der Waals surface area contributed by atoms with E-state index in [0.717, 1.165) is 30.3 Å². The summed E-state index contributed by atoms with van der Waals surface area (Å²) in [6.07, 6.45) is 1.83. The van der Waals surface area contributed by atoms with Crippen molar-refractivity contribution in [2.45, 2.75) is 23.1 Å². The molecule has 1 N–H and O–H groups in total. The number of nitrogens with zero attached hydrogens (tertiary/aromatic N) is 1. The van der Waals surface area contributed by atoms with E-state index in [1.54, 1.807) is 12.1 Å². The molecule has 0 unspecified atom stereocenters. The minimum Gasteiger partial charge on any atom is -0.309 e. The van der Waals surface area contributed by atoms with Crippen LogP contribution in [0.1, 0.15) is 18.4 Å². The first kappa shape index (κ1) is 16.6. The smallest absolute Gasteiger partial charge is 0.240 e. The quantitative estimate of drug-likeness (QED) is 0.578. The maximum atomic E-state index is 12.0. The highest BCUT2D eigenvalue weighted by Gasteiger charge is 2.12. The summed E-state index contributed by atoms with van der Waals surface area (Å²) < 4.78 is 26.6. The number of unbranched alkanes of at least 4 members (excludes halogenated alkanes) is 1. The minimum absolute atomic E-state index is 0.324. The Kier molecular flexibility index (Phi) is 6.99. The topological polar surface area (TPSA) is 49.4 Å². The van der Waals surface area contributed by atoms with Gasteiger partial charge in [-0.3, -0.25) is 0 Å². The van der Waals surface area contributed by atoms with Crippen LogP contribution in [0.2, 0.25) is 0 Å². The number of sulfonamides is 1. The highest BCUT2D eigenvalue weighted by Crippen LogP contribution is 2.12. The van der Waals surface area contributed by atoms with Gasteiger partial charge in [-0.05, 0) is 51.2 Å². The highest BCUT2D eigenvalue weighted by molar-refractivity contribution is 9.08. The molecule has 1 aromatic carbocycles. The zero-order chi connectivity index (χ0) is 14.3. The van der Waals surface area contributed by atoms with Crippen molar-refractivity contribution in [3.8, 4) is 0 Å². The predicted octanol–water partition coefficient (Wildman–Crippen LogP) is 2.20. The van der Waals surface area contributed by atoms with Crippen LogP contribution in [0.4, 0.5) is 0 Å². The zero-order valence-electron chi connectivity index (χ0n) is 11.4. The van der Waals surface area contributed by atoms with Crippen LogP contribution in [0.15, 0.2) is 29.2 Å². The average molecular weight is 349 g/mol. The molecule has 0 fully saturated rings. The molecule has 0 aliphatic rings. The van der Waals surface area contributed by atoms with Crippen LogP contribution < -0.4 is 4.72 Å². The van der Waals surface area contributed by atoms with Crippen molar-refractivity contribution in [3.63, 3.8) is 0 Å². The van der Waals surface area contributed by atoms with Crippen molar-refractivity contribution in [3.05, 3.63) is 29.8 Å². The van der Waals surface area contributed by atoms with Crippen molar-refractivity contribution in [2.75, 3.05) is 27.2 Å². The Bertz CT molecular complexity index is 472. The second-order valence-electron chi connectivity index (χ2n) is 4.69. The zero-order valence-corrected chi connectivity index (χ0v) is 13.8. The Morgan fingerprint density at radius 2 is 1.79 bits per heavy atom. The molecular weight excluding hydrogens is 328 g/mol. The number of hydrogen-bond donors (Lipinski definition) is 1. The first-order chi connectivity index (χ1) is 8.95. The fraction of sp³-hybridized carbons (Fsp3) is 0.538. The molecule has 19 heavy (non-hydrogen) atoms. The first-order valence-corrected chi connectivity index (χ1v) is 8.85. The molecule has 0 bridgehead atoms. The predicted molar refractivity (Wildman–Crippen MR) is 82.0 cm³/mol.